The van der Waals surface area contributed by atoms with Gasteiger partial charge in [-0.2, -0.15) is 4.39 Å². The molecule has 0 spiro atoms. The van der Waals surface area contributed by atoms with Gasteiger partial charge in [-0.25, -0.2) is 0 Å². The fourth-order valence-electron chi connectivity index (χ4n) is 0.189. The fourth-order valence-corrected chi connectivity index (χ4v) is 0.971. The third-order valence-electron chi connectivity index (χ3n) is 0.376. The van der Waals surface area contributed by atoms with Gasteiger partial charge in [0.1, 0.15) is 0 Å². The summed E-state index contributed by atoms with van der Waals surface area (Å²) in [6.45, 7) is 0. The van der Waals surface area contributed by atoms with Crippen molar-refractivity contribution in [3.8, 4) is 0 Å². The molecule has 0 atom stereocenters. The molecule has 0 aliphatic rings. The average Bonchev–Trinajstić information content (AvgIpc) is 2.07. The van der Waals surface area contributed by atoms with E-state index in [2.05, 4.69) is 26.1 Å². The SMILES string of the molecule is Fc1nnc(Br)s1.[Cl][Ir]([Cl])([Cl])([Cl])[Cl]. The first-order valence-corrected chi connectivity index (χ1v) is 18.5. The van der Waals surface area contributed by atoms with Crippen LogP contribution in [0.25, 0.3) is 0 Å². The van der Waals surface area contributed by atoms with E-state index in [1.54, 1.807) is 0 Å². The molecule has 82 valence electrons. The topological polar surface area (TPSA) is 25.8 Å². The van der Waals surface area contributed by atoms with Gasteiger partial charge in [-0.15, -0.1) is 10.2 Å². The van der Waals surface area contributed by atoms with E-state index >= 15 is 0 Å². The van der Waals surface area contributed by atoms with E-state index in [1.165, 1.54) is 0 Å². The van der Waals surface area contributed by atoms with Crippen molar-refractivity contribution in [1.29, 1.82) is 0 Å². The van der Waals surface area contributed by atoms with E-state index < -0.39 is 14.3 Å². The number of halogens is 7. The molecule has 0 unspecified atom stereocenters. The van der Waals surface area contributed by atoms with Crippen molar-refractivity contribution in [3.63, 3.8) is 0 Å². The molecule has 0 aliphatic heterocycles. The normalized spacial score (nSPS) is 13.9. The van der Waals surface area contributed by atoms with Crippen LogP contribution in [-0.4, -0.2) is 10.2 Å². The first-order chi connectivity index (χ1) is 5.52. The number of nitrogens with zero attached hydrogens (tertiary/aromatic N) is 2. The Morgan fingerprint density at radius 2 is 1.54 bits per heavy atom. The molecular formula is C2BrCl5FIrN2S. The number of hydrogen-bond acceptors (Lipinski definition) is 3. The number of aromatic nitrogens is 2. The van der Waals surface area contributed by atoms with Crippen LogP contribution >= 0.6 is 75.2 Å². The second kappa shape index (κ2) is 5.41. The summed E-state index contributed by atoms with van der Waals surface area (Å²) in [5.74, 6) is 0. The monoisotopic (exact) mass is 550 g/mol. The van der Waals surface area contributed by atoms with Crippen molar-refractivity contribution >= 4 is 75.2 Å². The number of rotatable bonds is 0. The van der Waals surface area contributed by atoms with Crippen LogP contribution in [-0.2, 0) is 9.02 Å². The van der Waals surface area contributed by atoms with Crippen molar-refractivity contribution in [2.75, 3.05) is 0 Å². The molecule has 1 aromatic heterocycles. The van der Waals surface area contributed by atoms with Crippen LogP contribution in [0.2, 0.25) is 0 Å². The van der Waals surface area contributed by atoms with E-state index in [-0.39, 0.29) is 0 Å². The molecule has 0 bridgehead atoms. The minimum atomic E-state index is -4.24. The standard InChI is InChI=1S/C2BrFN2S.5ClH.Ir/c3-1-5-6-2(4)7-1;;;;;;/h;5*1H;/q;;;;;;+5/p-5. The Hall–Kier alpha value is 2.07. The summed E-state index contributed by atoms with van der Waals surface area (Å²) in [7, 11) is 21.0. The zero-order valence-electron chi connectivity index (χ0n) is 5.28. The molecule has 13 heavy (non-hydrogen) atoms. The Kier molecular flexibility index (Phi) is 6.28. The molecule has 0 saturated heterocycles. The maximum atomic E-state index is 11.7. The van der Waals surface area contributed by atoms with Crippen LogP contribution in [0, 0.1) is 5.26 Å². The molecule has 0 N–H and O–H groups in total. The van der Waals surface area contributed by atoms with Crippen LogP contribution < -0.4 is 0 Å². The van der Waals surface area contributed by atoms with Crippen LogP contribution in [0.15, 0.2) is 3.92 Å². The molecule has 0 amide bonds. The van der Waals surface area contributed by atoms with Crippen molar-refractivity contribution in [2.45, 2.75) is 0 Å². The molecule has 0 saturated carbocycles. The predicted octanol–water partition coefficient (Wildman–Crippen LogP) is 4.88. The molecule has 0 aromatic carbocycles. The fraction of sp³-hybridized carbons (Fsp3) is 0. The van der Waals surface area contributed by atoms with Crippen molar-refractivity contribution in [1.82, 2.24) is 10.2 Å². The quantitative estimate of drug-likeness (QED) is 0.459. The Labute approximate surface area is 107 Å². The Morgan fingerprint density at radius 1 is 1.15 bits per heavy atom. The van der Waals surface area contributed by atoms with Gasteiger partial charge < -0.3 is 0 Å². The Morgan fingerprint density at radius 3 is 1.62 bits per heavy atom. The predicted molar refractivity (Wildman–Crippen MR) is 56.8 cm³/mol. The van der Waals surface area contributed by atoms with Gasteiger partial charge in [0, 0.05) is 0 Å². The molecule has 1 aromatic rings. The molecular weight excluding hydrogens is 552 g/mol. The molecule has 0 fully saturated rings. The van der Waals surface area contributed by atoms with Gasteiger partial charge in [-0.1, -0.05) is 11.3 Å². The zero-order valence-corrected chi connectivity index (χ0v) is 13.9. The third-order valence-corrected chi connectivity index (χ3v) is 1.52. The Bertz CT molecular complexity index is 252. The molecule has 11 heteroatoms. The zero-order chi connectivity index (χ0) is 10.7. The first-order valence-electron chi connectivity index (χ1n) is 2.06. The minimum absolute atomic E-state index is 0.477. The van der Waals surface area contributed by atoms with E-state index in [0.717, 1.165) is 11.3 Å². The summed E-state index contributed by atoms with van der Waals surface area (Å²) in [6, 6.07) is 0. The molecule has 0 aliphatic carbocycles. The average molecular weight is 552 g/mol. The second-order valence-electron chi connectivity index (χ2n) is 1.28. The Balaban J connectivity index is 0.000000226. The van der Waals surface area contributed by atoms with Gasteiger partial charge >= 0.3 is 56.9 Å². The summed E-state index contributed by atoms with van der Waals surface area (Å²) >= 11 is 3.81. The molecule has 0 radical (unpaired) electrons. The summed E-state index contributed by atoms with van der Waals surface area (Å²) in [5, 5.41) is 5.89. The van der Waals surface area contributed by atoms with Gasteiger partial charge in [0.05, 0.1) is 0 Å². The summed E-state index contributed by atoms with van der Waals surface area (Å²) in [4.78, 5) is 0. The first kappa shape index (κ1) is 15.1. The summed E-state index contributed by atoms with van der Waals surface area (Å²) < 4.78 is 12.2. The van der Waals surface area contributed by atoms with E-state index in [1.807, 2.05) is 0 Å². The van der Waals surface area contributed by atoms with Crippen molar-refractivity contribution in [2.24, 2.45) is 0 Å². The van der Waals surface area contributed by atoms with Crippen LogP contribution in [0.1, 0.15) is 0 Å². The summed E-state index contributed by atoms with van der Waals surface area (Å²) in [6.07, 6.45) is 0. The van der Waals surface area contributed by atoms with Crippen molar-refractivity contribution in [3.05, 3.63) is 9.18 Å². The molecule has 2 nitrogen and oxygen atoms in total. The maximum absolute atomic E-state index is 11.7. The second-order valence-corrected chi connectivity index (χ2v) is 38.1. The van der Waals surface area contributed by atoms with Gasteiger partial charge in [-0.05, 0) is 15.9 Å². The third kappa shape index (κ3) is 16.7. The summed E-state index contributed by atoms with van der Waals surface area (Å²) in [5.41, 5.74) is 0. The molecule has 1 heterocycles. The van der Waals surface area contributed by atoms with Crippen LogP contribution in [0.4, 0.5) is 4.39 Å². The molecule has 1 rings (SSSR count). The van der Waals surface area contributed by atoms with E-state index in [9.17, 15) is 4.39 Å². The van der Waals surface area contributed by atoms with E-state index in [0.29, 0.717) is 3.92 Å². The van der Waals surface area contributed by atoms with Crippen molar-refractivity contribution < 1.29 is 13.4 Å². The van der Waals surface area contributed by atoms with Gasteiger partial charge in [-0.3, -0.25) is 0 Å². The van der Waals surface area contributed by atoms with Gasteiger partial charge in [0.2, 0.25) is 0 Å². The van der Waals surface area contributed by atoms with Crippen LogP contribution in [0.5, 0.6) is 0 Å². The van der Waals surface area contributed by atoms with E-state index in [4.69, 9.17) is 47.9 Å². The van der Waals surface area contributed by atoms with Gasteiger partial charge in [0.15, 0.2) is 3.92 Å². The van der Waals surface area contributed by atoms with Crippen LogP contribution in [0.3, 0.4) is 0 Å². The van der Waals surface area contributed by atoms with Gasteiger partial charge in [0.25, 0.3) is 5.26 Å². The number of hydrogen-bond donors (Lipinski definition) is 0.